The Hall–Kier alpha value is -1.51. The van der Waals surface area contributed by atoms with Gasteiger partial charge in [0.1, 0.15) is 24.4 Å². The number of aliphatic hydroxyl groups is 5. The van der Waals surface area contributed by atoms with E-state index in [-0.39, 0.29) is 5.56 Å². The minimum absolute atomic E-state index is 0.184. The first-order chi connectivity index (χ1) is 13.8. The molecule has 1 aliphatic carbocycles. The van der Waals surface area contributed by atoms with E-state index in [1.807, 2.05) is 0 Å². The third-order valence-electron chi connectivity index (χ3n) is 5.85. The molecule has 0 aromatic heterocycles. The summed E-state index contributed by atoms with van der Waals surface area (Å²) >= 11 is 6.35. The Kier molecular flexibility index (Phi) is 5.70. The predicted molar refractivity (Wildman–Crippen MR) is 107 cm³/mol. The highest BCUT2D eigenvalue weighted by Gasteiger charge is 2.53. The molecule has 2 aromatic rings. The van der Waals surface area contributed by atoms with Gasteiger partial charge in [-0.2, -0.15) is 0 Å². The lowest BCUT2D eigenvalue weighted by Crippen LogP contribution is -2.63. The van der Waals surface area contributed by atoms with Crippen molar-refractivity contribution in [1.82, 2.24) is 0 Å². The molecule has 4 rings (SSSR count). The second kappa shape index (κ2) is 7.96. The Morgan fingerprint density at radius 2 is 1.69 bits per heavy atom. The maximum Gasteiger partial charge on any atom is 0.222 e. The summed E-state index contributed by atoms with van der Waals surface area (Å²) in [5.74, 6) is -1.61. The quantitative estimate of drug-likeness (QED) is 0.500. The first-order valence-corrected chi connectivity index (χ1v) is 10.1. The number of benzene rings is 2. The summed E-state index contributed by atoms with van der Waals surface area (Å²) in [6, 6.07) is 13.0. The summed E-state index contributed by atoms with van der Waals surface area (Å²) in [6.07, 6.45) is -3.25. The molecule has 0 bridgehead atoms. The van der Waals surface area contributed by atoms with Gasteiger partial charge in [0.25, 0.3) is 0 Å². The van der Waals surface area contributed by atoms with E-state index in [1.165, 1.54) is 24.5 Å². The van der Waals surface area contributed by atoms with Crippen molar-refractivity contribution >= 4 is 11.6 Å². The van der Waals surface area contributed by atoms with Gasteiger partial charge in [0.15, 0.2) is 0 Å². The molecule has 5 atom stereocenters. The largest absolute Gasteiger partial charge is 0.394 e. The number of aliphatic hydroxyl groups excluding tert-OH is 4. The molecule has 6 nitrogen and oxygen atoms in total. The van der Waals surface area contributed by atoms with Gasteiger partial charge in [0.2, 0.25) is 5.79 Å². The number of hydrogen-bond acceptors (Lipinski definition) is 6. The topological polar surface area (TPSA) is 110 Å². The zero-order chi connectivity index (χ0) is 20.8. The van der Waals surface area contributed by atoms with E-state index < -0.39 is 36.8 Å². The van der Waals surface area contributed by atoms with Crippen LogP contribution >= 0.6 is 11.6 Å². The summed E-state index contributed by atoms with van der Waals surface area (Å²) in [6.45, 7) is -0.624. The van der Waals surface area contributed by atoms with Crippen LogP contribution in [0.5, 0.6) is 0 Å². The molecule has 29 heavy (non-hydrogen) atoms. The van der Waals surface area contributed by atoms with E-state index >= 15 is 0 Å². The zero-order valence-electron chi connectivity index (χ0n) is 15.8. The number of ether oxygens (including phenoxy) is 1. The Morgan fingerprint density at radius 1 is 1.00 bits per heavy atom. The monoisotopic (exact) mass is 420 g/mol. The van der Waals surface area contributed by atoms with Crippen molar-refractivity contribution < 1.29 is 30.3 Å². The summed E-state index contributed by atoms with van der Waals surface area (Å²) in [5, 5.41) is 51.3. The minimum Gasteiger partial charge on any atom is -0.394 e. The molecular weight excluding hydrogens is 396 g/mol. The maximum atomic E-state index is 11.0. The van der Waals surface area contributed by atoms with Crippen LogP contribution in [0.25, 0.3) is 0 Å². The van der Waals surface area contributed by atoms with Crippen LogP contribution in [-0.4, -0.2) is 56.6 Å². The van der Waals surface area contributed by atoms with Crippen molar-refractivity contribution in [3.8, 4) is 0 Å². The van der Waals surface area contributed by atoms with Gasteiger partial charge in [-0.15, -0.1) is 0 Å². The molecule has 0 radical (unpaired) electrons. The van der Waals surface area contributed by atoms with E-state index in [4.69, 9.17) is 16.3 Å². The van der Waals surface area contributed by atoms with Gasteiger partial charge < -0.3 is 30.3 Å². The van der Waals surface area contributed by atoms with Crippen LogP contribution in [0.1, 0.15) is 41.0 Å². The molecule has 1 aliphatic heterocycles. The Labute approximate surface area is 174 Å². The Morgan fingerprint density at radius 3 is 2.31 bits per heavy atom. The standard InChI is InChI=1S/C22H25ClO6/c23-17-8-7-16(22(28)21(27)20(26)19(25)18(11-24)29-22)10-15(17)9-12-1-3-13(4-2-12)14-5-6-14/h1-4,7-8,10,14,18-21,24-28H,5-6,9,11H2. The summed E-state index contributed by atoms with van der Waals surface area (Å²) in [7, 11) is 0. The van der Waals surface area contributed by atoms with Gasteiger partial charge in [-0.25, -0.2) is 0 Å². The predicted octanol–water partition coefficient (Wildman–Crippen LogP) is 1.43. The fourth-order valence-corrected chi connectivity index (χ4v) is 4.05. The van der Waals surface area contributed by atoms with Gasteiger partial charge in [0, 0.05) is 10.6 Å². The molecule has 2 aliphatic rings. The van der Waals surface area contributed by atoms with Crippen molar-refractivity contribution in [2.75, 3.05) is 6.61 Å². The van der Waals surface area contributed by atoms with E-state index in [1.54, 1.807) is 12.1 Å². The normalized spacial score (nSPS) is 32.3. The fourth-order valence-electron chi connectivity index (χ4n) is 3.87. The van der Waals surface area contributed by atoms with Gasteiger partial charge in [-0.1, -0.05) is 41.9 Å². The zero-order valence-corrected chi connectivity index (χ0v) is 16.5. The lowest BCUT2D eigenvalue weighted by molar-refractivity contribution is -0.357. The third-order valence-corrected chi connectivity index (χ3v) is 6.22. The fraction of sp³-hybridized carbons (Fsp3) is 0.455. The van der Waals surface area contributed by atoms with Gasteiger partial charge in [-0.3, -0.25) is 0 Å². The molecule has 1 saturated heterocycles. The van der Waals surface area contributed by atoms with Gasteiger partial charge in [0.05, 0.1) is 6.61 Å². The molecule has 1 saturated carbocycles. The number of hydrogen-bond donors (Lipinski definition) is 5. The molecule has 1 heterocycles. The summed E-state index contributed by atoms with van der Waals surface area (Å²) in [4.78, 5) is 0. The molecule has 2 fully saturated rings. The van der Waals surface area contributed by atoms with Gasteiger partial charge in [-0.05, 0) is 54.0 Å². The van der Waals surface area contributed by atoms with Crippen molar-refractivity contribution in [2.45, 2.75) is 55.4 Å². The van der Waals surface area contributed by atoms with E-state index in [0.29, 0.717) is 22.9 Å². The highest BCUT2D eigenvalue weighted by Crippen LogP contribution is 2.40. The maximum absolute atomic E-state index is 11.0. The first-order valence-electron chi connectivity index (χ1n) is 9.76. The molecule has 5 N–H and O–H groups in total. The lowest BCUT2D eigenvalue weighted by Gasteiger charge is -2.45. The molecular formula is C22H25ClO6. The van der Waals surface area contributed by atoms with Crippen molar-refractivity contribution in [3.05, 3.63) is 69.7 Å². The first kappa shape index (κ1) is 20.8. The van der Waals surface area contributed by atoms with Crippen molar-refractivity contribution in [3.63, 3.8) is 0 Å². The van der Waals surface area contributed by atoms with Crippen molar-refractivity contribution in [1.29, 1.82) is 0 Å². The van der Waals surface area contributed by atoms with E-state index in [0.717, 1.165) is 5.56 Å². The Bertz CT molecular complexity index is 866. The van der Waals surface area contributed by atoms with Crippen LogP contribution in [-0.2, 0) is 16.9 Å². The molecule has 0 amide bonds. The van der Waals surface area contributed by atoms with Crippen LogP contribution in [0.4, 0.5) is 0 Å². The van der Waals surface area contributed by atoms with Crippen molar-refractivity contribution in [2.24, 2.45) is 0 Å². The van der Waals surface area contributed by atoms with E-state index in [2.05, 4.69) is 24.3 Å². The van der Waals surface area contributed by atoms with Crippen LogP contribution in [0.2, 0.25) is 5.02 Å². The Balaban J connectivity index is 1.61. The van der Waals surface area contributed by atoms with Crippen LogP contribution < -0.4 is 0 Å². The molecule has 7 heteroatoms. The smallest absolute Gasteiger partial charge is 0.222 e. The second-order valence-electron chi connectivity index (χ2n) is 7.96. The average molecular weight is 421 g/mol. The third kappa shape index (κ3) is 3.94. The summed E-state index contributed by atoms with van der Waals surface area (Å²) < 4.78 is 5.40. The van der Waals surface area contributed by atoms with Crippen LogP contribution in [0.3, 0.4) is 0 Å². The van der Waals surface area contributed by atoms with Crippen LogP contribution in [0, 0.1) is 0 Å². The highest BCUT2D eigenvalue weighted by atomic mass is 35.5. The van der Waals surface area contributed by atoms with Crippen LogP contribution in [0.15, 0.2) is 42.5 Å². The second-order valence-corrected chi connectivity index (χ2v) is 8.37. The number of halogens is 1. The number of rotatable bonds is 5. The van der Waals surface area contributed by atoms with E-state index in [9.17, 15) is 25.5 Å². The average Bonchev–Trinajstić information content (AvgIpc) is 3.57. The molecule has 0 spiro atoms. The highest BCUT2D eigenvalue weighted by molar-refractivity contribution is 6.31. The SMILES string of the molecule is OCC1OC(O)(c2ccc(Cl)c(Cc3ccc(C4CC4)cc3)c2)C(O)C(O)C1O. The molecule has 156 valence electrons. The van der Waals surface area contributed by atoms with Gasteiger partial charge >= 0.3 is 0 Å². The lowest BCUT2D eigenvalue weighted by atomic mass is 9.87. The summed E-state index contributed by atoms with van der Waals surface area (Å²) in [5.41, 5.74) is 3.29. The minimum atomic E-state index is -2.29. The molecule has 2 aromatic carbocycles. The molecule has 5 unspecified atom stereocenters.